The number of nitrogens with one attached hydrogen (secondary N) is 1. The maximum Gasteiger partial charge on any atom is 0.264 e. The second kappa shape index (κ2) is 13.1. The Morgan fingerprint density at radius 1 is 0.895 bits per heavy atom. The largest absolute Gasteiger partial charge is 0.352 e. The van der Waals surface area contributed by atoms with Crippen LogP contribution in [0, 0.1) is 0 Å². The molecule has 2 atom stereocenters. The van der Waals surface area contributed by atoms with Gasteiger partial charge in [0.25, 0.3) is 10.0 Å². The molecule has 0 saturated carbocycles. The average Bonchev–Trinajstić information content (AvgIpc) is 2.92. The summed E-state index contributed by atoms with van der Waals surface area (Å²) in [6, 6.07) is 20.3. The molecule has 0 saturated heterocycles. The molecule has 0 radical (unpaired) electrons. The maximum atomic E-state index is 13.8. The van der Waals surface area contributed by atoms with Crippen LogP contribution in [0.5, 0.6) is 0 Å². The van der Waals surface area contributed by atoms with Crippen molar-refractivity contribution in [1.29, 1.82) is 0 Å². The molecule has 3 aromatic rings. The van der Waals surface area contributed by atoms with Crippen LogP contribution in [0.4, 0.5) is 5.69 Å². The van der Waals surface area contributed by atoms with Crippen LogP contribution < -0.4 is 9.62 Å². The number of halogens is 2. The van der Waals surface area contributed by atoms with Crippen molar-refractivity contribution < 1.29 is 18.0 Å². The van der Waals surface area contributed by atoms with E-state index in [4.69, 9.17) is 23.2 Å². The third-order valence-corrected chi connectivity index (χ3v) is 8.69. The molecule has 0 aliphatic rings. The first-order chi connectivity index (χ1) is 18.0. The van der Waals surface area contributed by atoms with Gasteiger partial charge in [-0.15, -0.1) is 0 Å². The van der Waals surface area contributed by atoms with Crippen LogP contribution in [0.25, 0.3) is 0 Å². The zero-order valence-corrected chi connectivity index (χ0v) is 23.8. The maximum absolute atomic E-state index is 13.8. The molecule has 2 amide bonds. The monoisotopic (exact) mass is 575 g/mol. The molecule has 1 N–H and O–H groups in total. The summed E-state index contributed by atoms with van der Waals surface area (Å²) in [5, 5.41) is 3.57. The van der Waals surface area contributed by atoms with Crippen molar-refractivity contribution in [2.75, 3.05) is 10.8 Å². The van der Waals surface area contributed by atoms with Crippen molar-refractivity contribution in [1.82, 2.24) is 10.2 Å². The Morgan fingerprint density at radius 2 is 1.50 bits per heavy atom. The van der Waals surface area contributed by atoms with E-state index in [-0.39, 0.29) is 23.4 Å². The molecule has 3 rings (SSSR count). The smallest absolute Gasteiger partial charge is 0.264 e. The summed E-state index contributed by atoms with van der Waals surface area (Å²) in [6.07, 6.45) is 0.719. The fraction of sp³-hybridized carbons (Fsp3) is 0.286. The molecule has 10 heteroatoms. The number of para-hydroxylation sites is 1. The van der Waals surface area contributed by atoms with Gasteiger partial charge in [0.15, 0.2) is 0 Å². The van der Waals surface area contributed by atoms with Crippen LogP contribution in [0.1, 0.15) is 32.8 Å². The standard InChI is InChI=1S/C28H31Cl2N3O4S/c1-4-20(2)31-28(35)21(3)32(18-22-15-16-25(29)26(30)17-22)27(34)19-33(23-11-7-5-8-12-23)38(36,37)24-13-9-6-10-14-24/h5-17,20-21H,4,18-19H2,1-3H3,(H,31,35)/t20-,21-/m0/s1. The van der Waals surface area contributed by atoms with Gasteiger partial charge in [-0.25, -0.2) is 8.42 Å². The molecule has 0 aromatic heterocycles. The molecule has 3 aromatic carbocycles. The predicted octanol–water partition coefficient (Wildman–Crippen LogP) is 5.52. The van der Waals surface area contributed by atoms with Gasteiger partial charge in [-0.2, -0.15) is 0 Å². The Labute approximate surface area is 234 Å². The summed E-state index contributed by atoms with van der Waals surface area (Å²) in [5.74, 6) is -0.892. The van der Waals surface area contributed by atoms with E-state index < -0.39 is 28.5 Å². The number of nitrogens with zero attached hydrogens (tertiary/aromatic N) is 2. The minimum atomic E-state index is -4.09. The van der Waals surface area contributed by atoms with Gasteiger partial charge in [-0.1, -0.05) is 72.6 Å². The molecule has 0 unspecified atom stereocenters. The highest BCUT2D eigenvalue weighted by Gasteiger charge is 2.32. The van der Waals surface area contributed by atoms with Crippen molar-refractivity contribution in [2.45, 2.75) is 50.7 Å². The highest BCUT2D eigenvalue weighted by Crippen LogP contribution is 2.26. The lowest BCUT2D eigenvalue weighted by Crippen LogP contribution is -2.52. The van der Waals surface area contributed by atoms with Crippen LogP contribution in [-0.2, 0) is 26.2 Å². The highest BCUT2D eigenvalue weighted by molar-refractivity contribution is 7.92. The van der Waals surface area contributed by atoms with Crippen LogP contribution in [0.3, 0.4) is 0 Å². The SMILES string of the molecule is CC[C@H](C)NC(=O)[C@H](C)N(Cc1ccc(Cl)c(Cl)c1)C(=O)CN(c1ccccc1)S(=O)(=O)c1ccccc1. The zero-order valence-electron chi connectivity index (χ0n) is 21.5. The fourth-order valence-corrected chi connectivity index (χ4v) is 5.48. The van der Waals surface area contributed by atoms with E-state index in [0.717, 1.165) is 10.7 Å². The molecule has 7 nitrogen and oxygen atoms in total. The van der Waals surface area contributed by atoms with E-state index in [9.17, 15) is 18.0 Å². The number of carbonyl (C=O) groups excluding carboxylic acids is 2. The number of amides is 2. The summed E-state index contributed by atoms with van der Waals surface area (Å²) in [5.41, 5.74) is 0.976. The van der Waals surface area contributed by atoms with Gasteiger partial charge in [-0.05, 0) is 62.2 Å². The normalized spacial score (nSPS) is 12.9. The van der Waals surface area contributed by atoms with Crippen molar-refractivity contribution in [2.24, 2.45) is 0 Å². The first kappa shape index (κ1) is 29.5. The molecule has 0 heterocycles. The minimum Gasteiger partial charge on any atom is -0.352 e. The van der Waals surface area contributed by atoms with Crippen LogP contribution in [0.2, 0.25) is 10.0 Å². The number of carbonyl (C=O) groups is 2. The Hall–Kier alpha value is -3.07. The first-order valence-electron chi connectivity index (χ1n) is 12.2. The number of benzene rings is 3. The molecular weight excluding hydrogens is 545 g/mol. The van der Waals surface area contributed by atoms with Crippen LogP contribution >= 0.6 is 23.2 Å². The van der Waals surface area contributed by atoms with Gasteiger partial charge >= 0.3 is 0 Å². The van der Waals surface area contributed by atoms with Gasteiger partial charge in [0.2, 0.25) is 11.8 Å². The molecule has 0 fully saturated rings. The predicted molar refractivity (Wildman–Crippen MR) is 152 cm³/mol. The molecule has 0 aliphatic heterocycles. The summed E-state index contributed by atoms with van der Waals surface area (Å²) in [6.45, 7) is 4.95. The summed E-state index contributed by atoms with van der Waals surface area (Å²) >= 11 is 12.3. The number of anilines is 1. The number of rotatable bonds is 11. The summed E-state index contributed by atoms with van der Waals surface area (Å²) < 4.78 is 28.4. The second-order valence-corrected chi connectivity index (χ2v) is 11.6. The van der Waals surface area contributed by atoms with E-state index in [1.165, 1.54) is 17.0 Å². The quantitative estimate of drug-likeness (QED) is 0.326. The summed E-state index contributed by atoms with van der Waals surface area (Å²) in [7, 11) is -4.09. The van der Waals surface area contributed by atoms with Crippen LogP contribution in [0.15, 0.2) is 83.8 Å². The Morgan fingerprint density at radius 3 is 2.08 bits per heavy atom. The molecule has 0 aliphatic carbocycles. The van der Waals surface area contributed by atoms with Crippen molar-refractivity contribution >= 4 is 50.7 Å². The number of hydrogen-bond acceptors (Lipinski definition) is 4. The zero-order chi connectivity index (χ0) is 27.9. The van der Waals surface area contributed by atoms with Crippen molar-refractivity contribution in [3.63, 3.8) is 0 Å². The minimum absolute atomic E-state index is 0.0266. The summed E-state index contributed by atoms with van der Waals surface area (Å²) in [4.78, 5) is 28.3. The lowest BCUT2D eigenvalue weighted by atomic mass is 10.1. The van der Waals surface area contributed by atoms with Gasteiger partial charge in [0.1, 0.15) is 12.6 Å². The Bertz CT molecular complexity index is 1360. The second-order valence-electron chi connectivity index (χ2n) is 8.92. The van der Waals surface area contributed by atoms with Gasteiger partial charge in [0, 0.05) is 12.6 Å². The molecular formula is C28H31Cl2N3O4S. The topological polar surface area (TPSA) is 86.8 Å². The van der Waals surface area contributed by atoms with Gasteiger partial charge in [-0.3, -0.25) is 13.9 Å². The Kier molecular flexibility index (Phi) is 10.2. The van der Waals surface area contributed by atoms with Gasteiger partial charge < -0.3 is 10.2 Å². The van der Waals surface area contributed by atoms with E-state index in [0.29, 0.717) is 21.3 Å². The Balaban J connectivity index is 2.00. The van der Waals surface area contributed by atoms with Crippen molar-refractivity contribution in [3.8, 4) is 0 Å². The van der Waals surface area contributed by atoms with E-state index >= 15 is 0 Å². The molecule has 202 valence electrons. The van der Waals surface area contributed by atoms with Crippen LogP contribution in [-0.4, -0.2) is 43.8 Å². The first-order valence-corrected chi connectivity index (χ1v) is 14.4. The molecule has 0 bridgehead atoms. The van der Waals surface area contributed by atoms with E-state index in [1.54, 1.807) is 73.7 Å². The molecule has 38 heavy (non-hydrogen) atoms. The lowest BCUT2D eigenvalue weighted by molar-refractivity contribution is -0.139. The highest BCUT2D eigenvalue weighted by atomic mass is 35.5. The van der Waals surface area contributed by atoms with E-state index in [1.807, 2.05) is 13.8 Å². The third kappa shape index (κ3) is 7.28. The third-order valence-electron chi connectivity index (χ3n) is 6.16. The fourth-order valence-electron chi connectivity index (χ4n) is 3.73. The van der Waals surface area contributed by atoms with Gasteiger partial charge in [0.05, 0.1) is 20.6 Å². The lowest BCUT2D eigenvalue weighted by Gasteiger charge is -2.32. The molecule has 0 spiro atoms. The average molecular weight is 577 g/mol. The van der Waals surface area contributed by atoms with Crippen molar-refractivity contribution in [3.05, 3.63) is 94.5 Å². The van der Waals surface area contributed by atoms with E-state index in [2.05, 4.69) is 5.32 Å². The number of sulfonamides is 1. The number of hydrogen-bond donors (Lipinski definition) is 1.